The van der Waals surface area contributed by atoms with Gasteiger partial charge in [0.2, 0.25) is 0 Å². The van der Waals surface area contributed by atoms with E-state index in [1.54, 1.807) is 4.90 Å². The summed E-state index contributed by atoms with van der Waals surface area (Å²) in [6, 6.07) is 8.47. The van der Waals surface area contributed by atoms with E-state index in [-0.39, 0.29) is 12.1 Å². The predicted molar refractivity (Wildman–Crippen MR) is 92.7 cm³/mol. The minimum Gasteiger partial charge on any atom is -0.361 e. The molecule has 1 aromatic carbocycles. The lowest BCUT2D eigenvalue weighted by molar-refractivity contribution is 0.201. The van der Waals surface area contributed by atoms with Crippen molar-refractivity contribution in [2.75, 3.05) is 7.05 Å². The van der Waals surface area contributed by atoms with Gasteiger partial charge in [-0.15, -0.1) is 0 Å². The fraction of sp³-hybridized carbons (Fsp3) is 0.474. The molecule has 1 N–H and O–H groups in total. The number of hydrogen-bond acceptors (Lipinski definition) is 3. The summed E-state index contributed by atoms with van der Waals surface area (Å²) in [5.41, 5.74) is 4.43. The number of aryl methyl sites for hydroxylation is 3. The zero-order chi connectivity index (χ0) is 17.1. The van der Waals surface area contributed by atoms with Crippen molar-refractivity contribution < 1.29 is 9.32 Å². The molecule has 0 unspecified atom stereocenters. The molecule has 0 saturated heterocycles. The number of fused-ring (bicyclic) bond motifs is 1. The van der Waals surface area contributed by atoms with Crippen LogP contribution < -0.4 is 5.32 Å². The molecule has 0 radical (unpaired) electrons. The minimum absolute atomic E-state index is 0.0586. The lowest BCUT2D eigenvalue weighted by atomic mass is 9.99. The standard InChI is InChI=1S/C19H25N3O2/c1-13-17(14(2)24-21-13)12-22(3)19(23)20-18-11-7-5-9-15-8-4-6-10-16(15)18/h4,6,8,10,18H,5,7,9,11-12H2,1-3H3,(H,20,23)/t18-/m0/s1. The summed E-state index contributed by atoms with van der Waals surface area (Å²) < 4.78 is 5.18. The zero-order valence-corrected chi connectivity index (χ0v) is 14.6. The van der Waals surface area contributed by atoms with Gasteiger partial charge in [0.05, 0.1) is 18.3 Å². The van der Waals surface area contributed by atoms with Crippen molar-refractivity contribution in [3.8, 4) is 0 Å². The maximum atomic E-state index is 12.6. The van der Waals surface area contributed by atoms with E-state index in [2.05, 4.69) is 34.7 Å². The number of benzene rings is 1. The molecule has 128 valence electrons. The lowest BCUT2D eigenvalue weighted by Crippen LogP contribution is -2.39. The van der Waals surface area contributed by atoms with Crippen LogP contribution in [0.4, 0.5) is 4.79 Å². The van der Waals surface area contributed by atoms with E-state index in [1.165, 1.54) is 17.5 Å². The first-order valence-electron chi connectivity index (χ1n) is 8.57. The lowest BCUT2D eigenvalue weighted by Gasteiger charge is -2.24. The molecule has 3 rings (SSSR count). The Kier molecular flexibility index (Phi) is 4.88. The van der Waals surface area contributed by atoms with Gasteiger partial charge in [-0.2, -0.15) is 0 Å². The molecule has 1 atom stereocenters. The van der Waals surface area contributed by atoms with Crippen molar-refractivity contribution in [1.82, 2.24) is 15.4 Å². The number of nitrogens with one attached hydrogen (secondary N) is 1. The second-order valence-electron chi connectivity index (χ2n) is 6.61. The Bertz CT molecular complexity index is 704. The minimum atomic E-state index is -0.0586. The maximum Gasteiger partial charge on any atom is 0.317 e. The molecule has 2 aromatic rings. The molecule has 2 amide bonds. The van der Waals surface area contributed by atoms with Crippen LogP contribution in [-0.2, 0) is 13.0 Å². The first-order chi connectivity index (χ1) is 11.6. The third-order valence-corrected chi connectivity index (χ3v) is 4.84. The van der Waals surface area contributed by atoms with Gasteiger partial charge in [-0.25, -0.2) is 4.79 Å². The van der Waals surface area contributed by atoms with Gasteiger partial charge >= 0.3 is 6.03 Å². The van der Waals surface area contributed by atoms with E-state index in [1.807, 2.05) is 20.9 Å². The fourth-order valence-corrected chi connectivity index (χ4v) is 3.37. The molecular weight excluding hydrogens is 302 g/mol. The molecule has 0 fully saturated rings. The number of aromatic nitrogens is 1. The molecule has 0 aliphatic heterocycles. The van der Waals surface area contributed by atoms with Crippen LogP contribution in [0.5, 0.6) is 0 Å². The third kappa shape index (κ3) is 3.45. The normalized spacial score (nSPS) is 17.0. The van der Waals surface area contributed by atoms with Gasteiger partial charge < -0.3 is 14.7 Å². The van der Waals surface area contributed by atoms with E-state index in [9.17, 15) is 4.79 Å². The molecule has 0 spiro atoms. The summed E-state index contributed by atoms with van der Waals surface area (Å²) in [4.78, 5) is 14.3. The van der Waals surface area contributed by atoms with Crippen LogP contribution >= 0.6 is 0 Å². The van der Waals surface area contributed by atoms with Crippen LogP contribution in [0.1, 0.15) is 53.4 Å². The molecule has 1 heterocycles. The zero-order valence-electron chi connectivity index (χ0n) is 14.6. The van der Waals surface area contributed by atoms with Crippen LogP contribution in [0.15, 0.2) is 28.8 Å². The summed E-state index contributed by atoms with van der Waals surface area (Å²) in [6.07, 6.45) is 4.39. The Hall–Kier alpha value is -2.30. The van der Waals surface area contributed by atoms with Crippen molar-refractivity contribution in [2.24, 2.45) is 0 Å². The number of nitrogens with zero attached hydrogens (tertiary/aromatic N) is 2. The first-order valence-corrected chi connectivity index (χ1v) is 8.57. The summed E-state index contributed by atoms with van der Waals surface area (Å²) in [6.45, 7) is 4.28. The first kappa shape index (κ1) is 16.6. The van der Waals surface area contributed by atoms with Crippen molar-refractivity contribution in [3.63, 3.8) is 0 Å². The van der Waals surface area contributed by atoms with Gasteiger partial charge in [-0.05, 0) is 44.2 Å². The van der Waals surface area contributed by atoms with Gasteiger partial charge in [-0.3, -0.25) is 0 Å². The maximum absolute atomic E-state index is 12.6. The molecule has 24 heavy (non-hydrogen) atoms. The Morgan fingerprint density at radius 3 is 2.88 bits per heavy atom. The third-order valence-electron chi connectivity index (χ3n) is 4.84. The number of hydrogen-bond donors (Lipinski definition) is 1. The Balaban J connectivity index is 1.70. The number of carbonyl (C=O) groups is 1. The second-order valence-corrected chi connectivity index (χ2v) is 6.61. The second kappa shape index (κ2) is 7.07. The Morgan fingerprint density at radius 2 is 2.12 bits per heavy atom. The summed E-state index contributed by atoms with van der Waals surface area (Å²) in [7, 11) is 1.81. The van der Waals surface area contributed by atoms with Crippen LogP contribution in [0.3, 0.4) is 0 Å². The van der Waals surface area contributed by atoms with Gasteiger partial charge in [0.1, 0.15) is 5.76 Å². The predicted octanol–water partition coefficient (Wildman–Crippen LogP) is 3.90. The van der Waals surface area contributed by atoms with Crippen LogP contribution in [0, 0.1) is 13.8 Å². The van der Waals surface area contributed by atoms with E-state index < -0.39 is 0 Å². The monoisotopic (exact) mass is 327 g/mol. The largest absolute Gasteiger partial charge is 0.361 e. The Morgan fingerprint density at radius 1 is 1.33 bits per heavy atom. The van der Waals surface area contributed by atoms with Crippen molar-refractivity contribution >= 4 is 6.03 Å². The quantitative estimate of drug-likeness (QED) is 0.870. The number of rotatable bonds is 3. The van der Waals surface area contributed by atoms with Gasteiger partial charge in [0.15, 0.2) is 0 Å². The van der Waals surface area contributed by atoms with Crippen LogP contribution in [-0.4, -0.2) is 23.1 Å². The highest BCUT2D eigenvalue weighted by atomic mass is 16.5. The molecule has 5 heteroatoms. The number of amides is 2. The average molecular weight is 327 g/mol. The molecule has 1 aliphatic carbocycles. The van der Waals surface area contributed by atoms with Crippen molar-refractivity contribution in [1.29, 1.82) is 0 Å². The number of urea groups is 1. The molecule has 0 saturated carbocycles. The molecule has 1 aromatic heterocycles. The molecule has 5 nitrogen and oxygen atoms in total. The average Bonchev–Trinajstić information content (AvgIpc) is 2.78. The highest BCUT2D eigenvalue weighted by Crippen LogP contribution is 2.28. The Labute approximate surface area is 143 Å². The summed E-state index contributed by atoms with van der Waals surface area (Å²) >= 11 is 0. The molecule has 0 bridgehead atoms. The van der Waals surface area contributed by atoms with E-state index in [0.29, 0.717) is 6.54 Å². The SMILES string of the molecule is Cc1noc(C)c1CN(C)C(=O)N[C@H]1CCCCc2ccccc21. The van der Waals surface area contributed by atoms with E-state index in [0.717, 1.165) is 36.3 Å². The number of carbonyl (C=O) groups excluding carboxylic acids is 1. The molecule has 1 aliphatic rings. The van der Waals surface area contributed by atoms with Crippen molar-refractivity contribution in [2.45, 2.75) is 52.1 Å². The van der Waals surface area contributed by atoms with E-state index >= 15 is 0 Å². The fourth-order valence-electron chi connectivity index (χ4n) is 3.37. The van der Waals surface area contributed by atoms with Crippen molar-refractivity contribution in [3.05, 3.63) is 52.4 Å². The summed E-state index contributed by atoms with van der Waals surface area (Å²) in [5, 5.41) is 7.16. The van der Waals surface area contributed by atoms with Gasteiger partial charge in [0.25, 0.3) is 0 Å². The molecular formula is C19H25N3O2. The highest BCUT2D eigenvalue weighted by molar-refractivity contribution is 5.74. The summed E-state index contributed by atoms with van der Waals surface area (Å²) in [5.74, 6) is 0.770. The van der Waals surface area contributed by atoms with Gasteiger partial charge in [-0.1, -0.05) is 35.8 Å². The smallest absolute Gasteiger partial charge is 0.317 e. The van der Waals surface area contributed by atoms with Gasteiger partial charge in [0, 0.05) is 12.6 Å². The highest BCUT2D eigenvalue weighted by Gasteiger charge is 2.22. The topological polar surface area (TPSA) is 58.4 Å². The van der Waals surface area contributed by atoms with Crippen LogP contribution in [0.25, 0.3) is 0 Å². The van der Waals surface area contributed by atoms with E-state index in [4.69, 9.17) is 4.52 Å². The van der Waals surface area contributed by atoms with Crippen LogP contribution in [0.2, 0.25) is 0 Å².